The summed E-state index contributed by atoms with van der Waals surface area (Å²) in [5, 5.41) is 3.91. The van der Waals surface area contributed by atoms with Gasteiger partial charge in [-0.1, -0.05) is 6.07 Å². The highest BCUT2D eigenvalue weighted by atomic mass is 16.5. The quantitative estimate of drug-likeness (QED) is 0.535. The number of hydrogen-bond donors (Lipinski definition) is 1. The second-order valence-corrected chi connectivity index (χ2v) is 5.19. The number of hydrazone groups is 1. The molecule has 2 rings (SSSR count). The molecule has 0 heterocycles. The number of methoxy groups -OCH3 is 4. The molecule has 0 saturated heterocycles. The molecule has 0 bridgehead atoms. The van der Waals surface area contributed by atoms with Crippen molar-refractivity contribution < 1.29 is 28.5 Å². The summed E-state index contributed by atoms with van der Waals surface area (Å²) in [4.78, 5) is 12.0. The lowest BCUT2D eigenvalue weighted by molar-refractivity contribution is -0.123. The van der Waals surface area contributed by atoms with Crippen molar-refractivity contribution in [1.29, 1.82) is 0 Å². The molecule has 0 atom stereocenters. The standard InChI is InChI=1S/C19H22N2O6/c1-23-14-9-8-13(10-17(14)26-4)11-20-21-18(22)12-27-19-15(24-2)6-5-7-16(19)25-3/h5-11H,12H2,1-4H3,(H,21,22)/b20-11+. The average molecular weight is 374 g/mol. The zero-order chi connectivity index (χ0) is 19.6. The van der Waals surface area contributed by atoms with Crippen molar-refractivity contribution in [2.45, 2.75) is 0 Å². The predicted octanol–water partition coefficient (Wildman–Crippen LogP) is 2.25. The van der Waals surface area contributed by atoms with Crippen molar-refractivity contribution >= 4 is 12.1 Å². The molecule has 144 valence electrons. The van der Waals surface area contributed by atoms with Crippen molar-refractivity contribution in [2.75, 3.05) is 35.0 Å². The first-order valence-corrected chi connectivity index (χ1v) is 8.00. The molecule has 1 N–H and O–H groups in total. The van der Waals surface area contributed by atoms with E-state index >= 15 is 0 Å². The number of ether oxygens (including phenoxy) is 5. The maximum Gasteiger partial charge on any atom is 0.277 e. The van der Waals surface area contributed by atoms with Crippen LogP contribution in [0.1, 0.15) is 5.56 Å². The fraction of sp³-hybridized carbons (Fsp3) is 0.263. The number of carbonyl (C=O) groups is 1. The Hall–Kier alpha value is -3.42. The Morgan fingerprint density at radius 3 is 2.15 bits per heavy atom. The maximum absolute atomic E-state index is 12.0. The number of para-hydroxylation sites is 1. The summed E-state index contributed by atoms with van der Waals surface area (Å²) in [6, 6.07) is 10.5. The van der Waals surface area contributed by atoms with Gasteiger partial charge >= 0.3 is 0 Å². The minimum atomic E-state index is -0.431. The second kappa shape index (κ2) is 9.91. The third-order valence-corrected chi connectivity index (χ3v) is 3.54. The summed E-state index contributed by atoms with van der Waals surface area (Å²) in [5.74, 6) is 2.03. The van der Waals surface area contributed by atoms with Crippen LogP contribution in [-0.4, -0.2) is 47.2 Å². The molecule has 0 saturated carbocycles. The van der Waals surface area contributed by atoms with Crippen LogP contribution in [0.15, 0.2) is 41.5 Å². The third kappa shape index (κ3) is 5.27. The fourth-order valence-corrected chi connectivity index (χ4v) is 2.24. The van der Waals surface area contributed by atoms with Crippen molar-refractivity contribution in [3.63, 3.8) is 0 Å². The zero-order valence-corrected chi connectivity index (χ0v) is 15.6. The highest BCUT2D eigenvalue weighted by Gasteiger charge is 2.13. The Labute approximate surface area is 157 Å². The molecule has 0 radical (unpaired) electrons. The summed E-state index contributed by atoms with van der Waals surface area (Å²) in [6.45, 7) is -0.250. The highest BCUT2D eigenvalue weighted by molar-refractivity contribution is 5.83. The normalized spacial score (nSPS) is 10.4. The Morgan fingerprint density at radius 1 is 0.926 bits per heavy atom. The Morgan fingerprint density at radius 2 is 1.56 bits per heavy atom. The first kappa shape index (κ1) is 19.9. The Balaban J connectivity index is 1.94. The van der Waals surface area contributed by atoms with Crippen molar-refractivity contribution in [2.24, 2.45) is 5.10 Å². The molecule has 1 amide bonds. The first-order valence-electron chi connectivity index (χ1n) is 8.00. The number of nitrogens with zero attached hydrogens (tertiary/aromatic N) is 1. The van der Waals surface area contributed by atoms with Gasteiger partial charge in [-0.3, -0.25) is 4.79 Å². The van der Waals surface area contributed by atoms with Gasteiger partial charge in [-0.25, -0.2) is 5.43 Å². The van der Waals surface area contributed by atoms with Gasteiger partial charge in [0.2, 0.25) is 5.75 Å². The topological polar surface area (TPSA) is 87.6 Å². The monoisotopic (exact) mass is 374 g/mol. The van der Waals surface area contributed by atoms with Crippen LogP contribution in [0, 0.1) is 0 Å². The summed E-state index contributed by atoms with van der Waals surface area (Å²) in [7, 11) is 6.12. The van der Waals surface area contributed by atoms with E-state index in [9.17, 15) is 4.79 Å². The van der Waals surface area contributed by atoms with E-state index in [1.54, 1.807) is 50.6 Å². The van der Waals surface area contributed by atoms with Crippen LogP contribution >= 0.6 is 0 Å². The van der Waals surface area contributed by atoms with Gasteiger partial charge in [-0.2, -0.15) is 5.10 Å². The predicted molar refractivity (Wildman–Crippen MR) is 100 cm³/mol. The lowest BCUT2D eigenvalue weighted by Crippen LogP contribution is -2.24. The Kier molecular flexibility index (Phi) is 7.30. The van der Waals surface area contributed by atoms with Crippen LogP contribution in [0.2, 0.25) is 0 Å². The molecule has 0 spiro atoms. The molecule has 2 aromatic carbocycles. The number of rotatable bonds is 9. The van der Waals surface area contributed by atoms with Crippen LogP contribution in [0.4, 0.5) is 0 Å². The number of hydrogen-bond acceptors (Lipinski definition) is 7. The van der Waals surface area contributed by atoms with E-state index < -0.39 is 5.91 Å². The molecule has 0 aliphatic heterocycles. The number of amides is 1. The molecule has 27 heavy (non-hydrogen) atoms. The summed E-state index contributed by atoms with van der Waals surface area (Å²) >= 11 is 0. The van der Waals surface area contributed by atoms with E-state index in [0.717, 1.165) is 5.56 Å². The molecule has 0 fully saturated rings. The van der Waals surface area contributed by atoms with E-state index in [2.05, 4.69) is 10.5 Å². The van der Waals surface area contributed by atoms with Gasteiger partial charge in [0, 0.05) is 0 Å². The van der Waals surface area contributed by atoms with Crippen molar-refractivity contribution in [3.05, 3.63) is 42.0 Å². The lowest BCUT2D eigenvalue weighted by atomic mass is 10.2. The zero-order valence-electron chi connectivity index (χ0n) is 15.6. The van der Waals surface area contributed by atoms with Crippen LogP contribution in [0.3, 0.4) is 0 Å². The number of benzene rings is 2. The van der Waals surface area contributed by atoms with Gasteiger partial charge in [0.15, 0.2) is 29.6 Å². The van der Waals surface area contributed by atoms with Gasteiger partial charge in [-0.05, 0) is 35.9 Å². The highest BCUT2D eigenvalue weighted by Crippen LogP contribution is 2.36. The number of nitrogens with one attached hydrogen (secondary N) is 1. The Bertz CT molecular complexity index is 785. The molecule has 8 nitrogen and oxygen atoms in total. The minimum absolute atomic E-state index is 0.250. The number of carbonyl (C=O) groups excluding carboxylic acids is 1. The first-order chi connectivity index (χ1) is 13.1. The summed E-state index contributed by atoms with van der Waals surface area (Å²) in [6.07, 6.45) is 1.49. The van der Waals surface area contributed by atoms with E-state index in [1.807, 2.05) is 0 Å². The SMILES string of the molecule is COc1ccc(/C=N/NC(=O)COc2c(OC)cccc2OC)cc1OC. The minimum Gasteiger partial charge on any atom is -0.493 e. The van der Waals surface area contributed by atoms with Crippen LogP contribution in [0.5, 0.6) is 28.7 Å². The van der Waals surface area contributed by atoms with E-state index in [1.165, 1.54) is 20.4 Å². The van der Waals surface area contributed by atoms with Crippen LogP contribution < -0.4 is 29.1 Å². The molecule has 0 aromatic heterocycles. The van der Waals surface area contributed by atoms with E-state index in [4.69, 9.17) is 23.7 Å². The maximum atomic E-state index is 12.0. The molecule has 0 aliphatic carbocycles. The van der Waals surface area contributed by atoms with Gasteiger partial charge in [0.25, 0.3) is 5.91 Å². The van der Waals surface area contributed by atoms with Crippen LogP contribution in [0.25, 0.3) is 0 Å². The van der Waals surface area contributed by atoms with Gasteiger partial charge in [0.05, 0.1) is 34.7 Å². The fourth-order valence-electron chi connectivity index (χ4n) is 2.24. The van der Waals surface area contributed by atoms with Gasteiger partial charge in [0.1, 0.15) is 0 Å². The van der Waals surface area contributed by atoms with Crippen molar-refractivity contribution in [1.82, 2.24) is 5.43 Å². The molecule has 8 heteroatoms. The van der Waals surface area contributed by atoms with E-state index in [0.29, 0.717) is 28.7 Å². The molecular weight excluding hydrogens is 352 g/mol. The largest absolute Gasteiger partial charge is 0.493 e. The smallest absolute Gasteiger partial charge is 0.277 e. The summed E-state index contributed by atoms with van der Waals surface area (Å²) in [5.41, 5.74) is 3.13. The third-order valence-electron chi connectivity index (χ3n) is 3.54. The second-order valence-electron chi connectivity index (χ2n) is 5.19. The van der Waals surface area contributed by atoms with Crippen molar-refractivity contribution in [3.8, 4) is 28.7 Å². The summed E-state index contributed by atoms with van der Waals surface area (Å²) < 4.78 is 26.3. The molecule has 2 aromatic rings. The van der Waals surface area contributed by atoms with Gasteiger partial charge in [-0.15, -0.1) is 0 Å². The average Bonchev–Trinajstić information content (AvgIpc) is 2.71. The molecular formula is C19H22N2O6. The molecule has 0 unspecified atom stereocenters. The lowest BCUT2D eigenvalue weighted by Gasteiger charge is -2.13. The van der Waals surface area contributed by atoms with Gasteiger partial charge < -0.3 is 23.7 Å². The van der Waals surface area contributed by atoms with Crippen LogP contribution in [-0.2, 0) is 4.79 Å². The van der Waals surface area contributed by atoms with E-state index in [-0.39, 0.29) is 6.61 Å². The molecule has 0 aliphatic rings.